The second kappa shape index (κ2) is 6.57. The number of aryl methyl sites for hydroxylation is 1. The van der Waals surface area contributed by atoms with Crippen molar-refractivity contribution in [2.45, 2.75) is 51.2 Å². The summed E-state index contributed by atoms with van der Waals surface area (Å²) >= 11 is 5.95. The second-order valence-corrected chi connectivity index (χ2v) is 6.27. The first-order chi connectivity index (χ1) is 10.3. The van der Waals surface area contributed by atoms with Gasteiger partial charge in [0.25, 0.3) is 5.91 Å². The van der Waals surface area contributed by atoms with E-state index in [4.69, 9.17) is 21.4 Å². The highest BCUT2D eigenvalue weighted by molar-refractivity contribution is 6.31. The minimum absolute atomic E-state index is 0.0501. The van der Waals surface area contributed by atoms with E-state index < -0.39 is 17.6 Å². The Bertz CT molecular complexity index is 584. The number of ether oxygens (including phenoxy) is 1. The fourth-order valence-corrected chi connectivity index (χ4v) is 2.67. The van der Waals surface area contributed by atoms with E-state index in [-0.39, 0.29) is 12.3 Å². The normalized spacial score (nSPS) is 17.2. The third-order valence-corrected chi connectivity index (χ3v) is 4.42. The summed E-state index contributed by atoms with van der Waals surface area (Å²) in [6, 6.07) is 5.19. The smallest absolute Gasteiger partial charge is 0.305 e. The van der Waals surface area contributed by atoms with Crippen LogP contribution in [0.4, 0.5) is 0 Å². The molecule has 0 bridgehead atoms. The molecule has 0 radical (unpaired) electrons. The highest BCUT2D eigenvalue weighted by Crippen LogP contribution is 2.35. The number of hydrogen-bond acceptors (Lipinski definition) is 3. The van der Waals surface area contributed by atoms with Gasteiger partial charge in [-0.05, 0) is 56.9 Å². The predicted molar refractivity (Wildman–Crippen MR) is 83.3 cm³/mol. The molecular formula is C16H20ClNO4. The summed E-state index contributed by atoms with van der Waals surface area (Å²) in [5.74, 6) is -0.638. The predicted octanol–water partition coefficient (Wildman–Crippen LogP) is 2.93. The molecule has 1 atom stereocenters. The second-order valence-electron chi connectivity index (χ2n) is 5.86. The lowest BCUT2D eigenvalue weighted by Crippen LogP contribution is -2.57. The molecule has 1 fully saturated rings. The number of hydrogen-bond donors (Lipinski definition) is 2. The molecule has 1 aromatic carbocycles. The van der Waals surface area contributed by atoms with Gasteiger partial charge < -0.3 is 15.2 Å². The topological polar surface area (TPSA) is 75.6 Å². The van der Waals surface area contributed by atoms with Crippen LogP contribution >= 0.6 is 11.6 Å². The standard InChI is InChI=1S/C16H20ClNO4/c1-10-8-12(4-5-13(10)17)22-11(2)15(21)18-16(6-3-7-16)9-14(19)20/h4-5,8,11H,3,6-7,9H2,1-2H3,(H,18,21)(H,19,20). The Morgan fingerprint density at radius 1 is 1.45 bits per heavy atom. The van der Waals surface area contributed by atoms with Gasteiger partial charge in [-0.2, -0.15) is 0 Å². The number of carbonyl (C=O) groups is 2. The molecule has 0 spiro atoms. The van der Waals surface area contributed by atoms with Gasteiger partial charge >= 0.3 is 5.97 Å². The highest BCUT2D eigenvalue weighted by atomic mass is 35.5. The molecule has 22 heavy (non-hydrogen) atoms. The molecule has 6 heteroatoms. The first-order valence-corrected chi connectivity index (χ1v) is 7.66. The molecule has 5 nitrogen and oxygen atoms in total. The number of aliphatic carboxylic acids is 1. The van der Waals surface area contributed by atoms with Crippen LogP contribution in [0.5, 0.6) is 5.75 Å². The number of carbonyl (C=O) groups excluding carboxylic acids is 1. The van der Waals surface area contributed by atoms with E-state index in [0.717, 1.165) is 12.0 Å². The molecule has 1 aliphatic rings. The third kappa shape index (κ3) is 3.91. The van der Waals surface area contributed by atoms with Crippen LogP contribution in [-0.2, 0) is 9.59 Å². The Kier molecular flexibility index (Phi) is 4.96. The molecule has 1 aliphatic carbocycles. The van der Waals surface area contributed by atoms with Crippen LogP contribution in [0.15, 0.2) is 18.2 Å². The Balaban J connectivity index is 1.96. The van der Waals surface area contributed by atoms with Gasteiger partial charge in [-0.15, -0.1) is 0 Å². The molecule has 1 amide bonds. The van der Waals surface area contributed by atoms with E-state index in [0.29, 0.717) is 23.6 Å². The first-order valence-electron chi connectivity index (χ1n) is 7.28. The number of amides is 1. The first kappa shape index (κ1) is 16.6. The van der Waals surface area contributed by atoms with Gasteiger partial charge in [0.2, 0.25) is 0 Å². The number of carboxylic acid groups (broad SMARTS) is 1. The SMILES string of the molecule is Cc1cc(OC(C)C(=O)NC2(CC(=O)O)CCC2)ccc1Cl. The van der Waals surface area contributed by atoms with Gasteiger partial charge in [0.1, 0.15) is 5.75 Å². The molecule has 1 unspecified atom stereocenters. The quantitative estimate of drug-likeness (QED) is 0.843. The summed E-state index contributed by atoms with van der Waals surface area (Å²) in [6.45, 7) is 3.50. The lowest BCUT2D eigenvalue weighted by Gasteiger charge is -2.42. The zero-order chi connectivity index (χ0) is 16.3. The van der Waals surface area contributed by atoms with Crippen LogP contribution in [0.1, 0.15) is 38.2 Å². The largest absolute Gasteiger partial charge is 0.481 e. The lowest BCUT2D eigenvalue weighted by molar-refractivity contribution is -0.141. The van der Waals surface area contributed by atoms with Crippen molar-refractivity contribution in [1.82, 2.24) is 5.32 Å². The Labute approximate surface area is 134 Å². The minimum atomic E-state index is -0.901. The van der Waals surface area contributed by atoms with Crippen molar-refractivity contribution < 1.29 is 19.4 Å². The summed E-state index contributed by atoms with van der Waals surface area (Å²) < 4.78 is 5.61. The monoisotopic (exact) mass is 325 g/mol. The average Bonchev–Trinajstić information content (AvgIpc) is 2.39. The molecular weight excluding hydrogens is 306 g/mol. The van der Waals surface area contributed by atoms with Gasteiger partial charge in [0.05, 0.1) is 12.0 Å². The third-order valence-electron chi connectivity index (χ3n) is 4.00. The maximum atomic E-state index is 12.2. The van der Waals surface area contributed by atoms with Crippen LogP contribution in [0.3, 0.4) is 0 Å². The Morgan fingerprint density at radius 2 is 2.14 bits per heavy atom. The Hall–Kier alpha value is -1.75. The molecule has 120 valence electrons. The molecule has 0 heterocycles. The molecule has 0 saturated heterocycles. The number of halogens is 1. The summed E-state index contributed by atoms with van der Waals surface area (Å²) in [4.78, 5) is 23.2. The maximum absolute atomic E-state index is 12.2. The van der Waals surface area contributed by atoms with Crippen LogP contribution in [0, 0.1) is 6.92 Å². The van der Waals surface area contributed by atoms with Crippen LogP contribution < -0.4 is 10.1 Å². The van der Waals surface area contributed by atoms with Crippen molar-refractivity contribution in [2.75, 3.05) is 0 Å². The number of benzene rings is 1. The van der Waals surface area contributed by atoms with Gasteiger partial charge in [0, 0.05) is 5.02 Å². The Morgan fingerprint density at radius 3 is 2.64 bits per heavy atom. The van der Waals surface area contributed by atoms with Gasteiger partial charge in [0.15, 0.2) is 6.10 Å². The molecule has 1 aromatic rings. The van der Waals surface area contributed by atoms with Crippen molar-refractivity contribution in [3.05, 3.63) is 28.8 Å². The van der Waals surface area contributed by atoms with E-state index in [9.17, 15) is 9.59 Å². The fourth-order valence-electron chi connectivity index (χ4n) is 2.55. The van der Waals surface area contributed by atoms with Crippen LogP contribution in [0.2, 0.25) is 5.02 Å². The lowest BCUT2D eigenvalue weighted by atomic mass is 9.74. The zero-order valence-electron chi connectivity index (χ0n) is 12.7. The molecule has 0 aromatic heterocycles. The van der Waals surface area contributed by atoms with Gasteiger partial charge in [-0.25, -0.2) is 0 Å². The fraction of sp³-hybridized carbons (Fsp3) is 0.500. The molecule has 0 aliphatic heterocycles. The van der Waals surface area contributed by atoms with Crippen molar-refractivity contribution in [3.63, 3.8) is 0 Å². The molecule has 2 N–H and O–H groups in total. The van der Waals surface area contributed by atoms with Gasteiger partial charge in [-0.1, -0.05) is 11.6 Å². The number of rotatable bonds is 6. The van der Waals surface area contributed by atoms with Crippen molar-refractivity contribution in [1.29, 1.82) is 0 Å². The molecule has 2 rings (SSSR count). The van der Waals surface area contributed by atoms with Crippen molar-refractivity contribution in [2.24, 2.45) is 0 Å². The number of carboxylic acids is 1. The van der Waals surface area contributed by atoms with Crippen molar-refractivity contribution >= 4 is 23.5 Å². The highest BCUT2D eigenvalue weighted by Gasteiger charge is 2.41. The van der Waals surface area contributed by atoms with Crippen LogP contribution in [-0.4, -0.2) is 28.6 Å². The summed E-state index contributed by atoms with van der Waals surface area (Å²) in [5.41, 5.74) is 0.254. The molecule has 1 saturated carbocycles. The number of nitrogens with one attached hydrogen (secondary N) is 1. The van der Waals surface area contributed by atoms with E-state index in [1.165, 1.54) is 0 Å². The average molecular weight is 326 g/mol. The van der Waals surface area contributed by atoms with E-state index >= 15 is 0 Å². The zero-order valence-corrected chi connectivity index (χ0v) is 13.4. The van der Waals surface area contributed by atoms with E-state index in [2.05, 4.69) is 5.32 Å². The van der Waals surface area contributed by atoms with E-state index in [1.807, 2.05) is 6.92 Å². The summed E-state index contributed by atoms with van der Waals surface area (Å²) in [7, 11) is 0. The van der Waals surface area contributed by atoms with Crippen molar-refractivity contribution in [3.8, 4) is 5.75 Å². The minimum Gasteiger partial charge on any atom is -0.481 e. The van der Waals surface area contributed by atoms with Gasteiger partial charge in [-0.3, -0.25) is 9.59 Å². The van der Waals surface area contributed by atoms with E-state index in [1.54, 1.807) is 25.1 Å². The summed E-state index contributed by atoms with van der Waals surface area (Å²) in [5, 5.41) is 12.4. The maximum Gasteiger partial charge on any atom is 0.305 e. The summed E-state index contributed by atoms with van der Waals surface area (Å²) in [6.07, 6.45) is 1.56. The van der Waals surface area contributed by atoms with Crippen LogP contribution in [0.25, 0.3) is 0 Å².